The minimum Gasteiger partial charge on any atom is -0.356 e. The molecule has 0 radical (unpaired) electrons. The number of carbonyl (C=O) groups excluding carboxylic acids is 1. The van der Waals surface area contributed by atoms with Crippen molar-refractivity contribution in [2.45, 2.75) is 46.2 Å². The molecule has 1 aliphatic rings. The lowest BCUT2D eigenvalue weighted by atomic mass is 9.91. The monoisotopic (exact) mass is 347 g/mol. The number of nitrogens with one attached hydrogen (secondary N) is 1. The van der Waals surface area contributed by atoms with Crippen LogP contribution in [0.5, 0.6) is 0 Å². The van der Waals surface area contributed by atoms with E-state index in [1.54, 1.807) is 10.7 Å². The highest BCUT2D eigenvalue weighted by molar-refractivity contribution is 5.81. The fourth-order valence-electron chi connectivity index (χ4n) is 3.06. The Hall–Kier alpha value is -2.18. The van der Waals surface area contributed by atoms with E-state index in [-0.39, 0.29) is 12.5 Å². The van der Waals surface area contributed by atoms with Gasteiger partial charge in [0.15, 0.2) is 5.65 Å². The number of anilines is 1. The second-order valence-electron chi connectivity index (χ2n) is 7.93. The topological polar surface area (TPSA) is 62.5 Å². The molecule has 1 N–H and O–H groups in total. The highest BCUT2D eigenvalue weighted by Gasteiger charge is 2.36. The number of halogens is 1. The van der Waals surface area contributed by atoms with E-state index in [9.17, 15) is 4.79 Å². The van der Waals surface area contributed by atoms with Gasteiger partial charge in [0.2, 0.25) is 5.91 Å². The lowest BCUT2D eigenvalue weighted by molar-refractivity contribution is -0.129. The van der Waals surface area contributed by atoms with E-state index in [0.717, 1.165) is 17.2 Å². The van der Waals surface area contributed by atoms with Crippen molar-refractivity contribution in [1.82, 2.24) is 19.9 Å². The Labute approximate surface area is 147 Å². The Morgan fingerprint density at radius 3 is 2.68 bits per heavy atom. The van der Waals surface area contributed by atoms with Gasteiger partial charge in [-0.15, -0.1) is 0 Å². The van der Waals surface area contributed by atoms with Crippen LogP contribution in [0, 0.1) is 12.3 Å². The Morgan fingerprint density at radius 2 is 2.04 bits per heavy atom. The van der Waals surface area contributed by atoms with Crippen molar-refractivity contribution in [1.29, 1.82) is 0 Å². The molecule has 1 amide bonds. The summed E-state index contributed by atoms with van der Waals surface area (Å²) in [7, 11) is 0. The van der Waals surface area contributed by atoms with Gasteiger partial charge in [0.1, 0.15) is 11.5 Å². The third-order valence-corrected chi connectivity index (χ3v) is 4.70. The summed E-state index contributed by atoms with van der Waals surface area (Å²) in [6.45, 7) is 8.68. The van der Waals surface area contributed by atoms with Gasteiger partial charge in [-0.3, -0.25) is 4.79 Å². The Kier molecular flexibility index (Phi) is 4.43. The van der Waals surface area contributed by atoms with Gasteiger partial charge in [0, 0.05) is 49.2 Å². The SMILES string of the molecule is Cc1cc(N2CCC(F)(CNC(=O)C(C)(C)C)CC2)n2nccc2n1. The van der Waals surface area contributed by atoms with Gasteiger partial charge in [-0.1, -0.05) is 20.8 Å². The van der Waals surface area contributed by atoms with E-state index in [1.165, 1.54) is 0 Å². The molecule has 0 atom stereocenters. The molecule has 0 bridgehead atoms. The summed E-state index contributed by atoms with van der Waals surface area (Å²) in [6.07, 6.45) is 2.47. The molecular formula is C18H26FN5O. The first-order valence-corrected chi connectivity index (χ1v) is 8.72. The Balaban J connectivity index is 1.67. The van der Waals surface area contributed by atoms with E-state index in [2.05, 4.69) is 20.3 Å². The number of fused-ring (bicyclic) bond motifs is 1. The molecule has 1 saturated heterocycles. The number of carbonyl (C=O) groups is 1. The van der Waals surface area contributed by atoms with Crippen molar-refractivity contribution in [2.24, 2.45) is 5.41 Å². The van der Waals surface area contributed by atoms with Crippen LogP contribution in [-0.2, 0) is 4.79 Å². The summed E-state index contributed by atoms with van der Waals surface area (Å²) < 4.78 is 16.9. The third-order valence-electron chi connectivity index (χ3n) is 4.70. The Bertz CT molecular complexity index is 771. The fraction of sp³-hybridized carbons (Fsp3) is 0.611. The van der Waals surface area contributed by atoms with Gasteiger partial charge in [-0.25, -0.2) is 9.37 Å². The third kappa shape index (κ3) is 3.75. The van der Waals surface area contributed by atoms with Crippen LogP contribution >= 0.6 is 0 Å². The summed E-state index contributed by atoms with van der Waals surface area (Å²) in [4.78, 5) is 18.6. The van der Waals surface area contributed by atoms with Gasteiger partial charge in [-0.05, 0) is 6.92 Å². The molecule has 3 rings (SSSR count). The van der Waals surface area contributed by atoms with Crippen molar-refractivity contribution in [3.63, 3.8) is 0 Å². The molecule has 0 aliphatic carbocycles. The second kappa shape index (κ2) is 6.28. The van der Waals surface area contributed by atoms with Crippen LogP contribution in [0.15, 0.2) is 18.3 Å². The largest absolute Gasteiger partial charge is 0.356 e. The number of alkyl halides is 1. The molecule has 0 saturated carbocycles. The number of aromatic nitrogens is 3. The molecule has 7 heteroatoms. The van der Waals surface area contributed by atoms with Crippen molar-refractivity contribution in [3.8, 4) is 0 Å². The predicted molar refractivity (Wildman–Crippen MR) is 95.5 cm³/mol. The van der Waals surface area contributed by atoms with Gasteiger partial charge in [-0.2, -0.15) is 9.61 Å². The molecule has 25 heavy (non-hydrogen) atoms. The molecule has 136 valence electrons. The van der Waals surface area contributed by atoms with E-state index >= 15 is 4.39 Å². The summed E-state index contributed by atoms with van der Waals surface area (Å²) >= 11 is 0. The van der Waals surface area contributed by atoms with Gasteiger partial charge in [0.05, 0.1) is 12.7 Å². The molecule has 0 spiro atoms. The first-order valence-electron chi connectivity index (χ1n) is 8.72. The highest BCUT2D eigenvalue weighted by Crippen LogP contribution is 2.29. The molecule has 1 fully saturated rings. The number of amides is 1. The molecule has 6 nitrogen and oxygen atoms in total. The van der Waals surface area contributed by atoms with E-state index in [4.69, 9.17) is 0 Å². The molecule has 0 aromatic carbocycles. The average molecular weight is 347 g/mol. The average Bonchev–Trinajstić information content (AvgIpc) is 3.00. The van der Waals surface area contributed by atoms with Crippen LogP contribution < -0.4 is 10.2 Å². The van der Waals surface area contributed by atoms with Crippen molar-refractivity contribution in [2.75, 3.05) is 24.5 Å². The van der Waals surface area contributed by atoms with Crippen LogP contribution in [0.3, 0.4) is 0 Å². The number of piperidine rings is 1. The summed E-state index contributed by atoms with van der Waals surface area (Å²) in [5.74, 6) is 0.822. The molecule has 2 aromatic heterocycles. The van der Waals surface area contributed by atoms with Gasteiger partial charge < -0.3 is 10.2 Å². The predicted octanol–water partition coefficient (Wildman–Crippen LogP) is 2.51. The molecular weight excluding hydrogens is 321 g/mol. The van der Waals surface area contributed by atoms with Crippen molar-refractivity contribution in [3.05, 3.63) is 24.0 Å². The highest BCUT2D eigenvalue weighted by atomic mass is 19.1. The van der Waals surface area contributed by atoms with Crippen LogP contribution in [-0.4, -0.2) is 45.8 Å². The maximum absolute atomic E-state index is 15.1. The first kappa shape index (κ1) is 17.6. The van der Waals surface area contributed by atoms with Crippen molar-refractivity contribution >= 4 is 17.4 Å². The van der Waals surface area contributed by atoms with Crippen LogP contribution in [0.1, 0.15) is 39.3 Å². The minimum absolute atomic E-state index is 0.0729. The van der Waals surface area contributed by atoms with E-state index in [1.807, 2.05) is 39.8 Å². The summed E-state index contributed by atoms with van der Waals surface area (Å²) in [6, 6.07) is 3.84. The molecule has 1 aliphatic heterocycles. The number of rotatable bonds is 3. The quantitative estimate of drug-likeness (QED) is 0.927. The number of hydrogen-bond acceptors (Lipinski definition) is 4. The smallest absolute Gasteiger partial charge is 0.225 e. The van der Waals surface area contributed by atoms with Crippen molar-refractivity contribution < 1.29 is 9.18 Å². The normalized spacial score (nSPS) is 17.7. The lowest BCUT2D eigenvalue weighted by Gasteiger charge is -2.38. The standard InChI is InChI=1S/C18H26FN5O/c1-13-11-15(24-14(22-13)5-8-21-24)23-9-6-18(19,7-10-23)12-20-16(25)17(2,3)4/h5,8,11H,6-7,9-10,12H2,1-4H3,(H,20,25). The summed E-state index contributed by atoms with van der Waals surface area (Å²) in [5, 5.41) is 7.08. The van der Waals surface area contributed by atoms with Gasteiger partial charge >= 0.3 is 0 Å². The maximum Gasteiger partial charge on any atom is 0.225 e. The van der Waals surface area contributed by atoms with Crippen LogP contribution in [0.4, 0.5) is 10.2 Å². The number of nitrogens with zero attached hydrogens (tertiary/aromatic N) is 4. The Morgan fingerprint density at radius 1 is 1.36 bits per heavy atom. The minimum atomic E-state index is -1.36. The maximum atomic E-state index is 15.1. The van der Waals surface area contributed by atoms with Crippen LogP contribution in [0.2, 0.25) is 0 Å². The number of hydrogen-bond donors (Lipinski definition) is 1. The van der Waals surface area contributed by atoms with E-state index < -0.39 is 11.1 Å². The summed E-state index contributed by atoms with van der Waals surface area (Å²) in [5.41, 5.74) is -0.151. The molecule has 3 heterocycles. The van der Waals surface area contributed by atoms with Gasteiger partial charge in [0.25, 0.3) is 0 Å². The van der Waals surface area contributed by atoms with E-state index in [0.29, 0.717) is 25.9 Å². The number of aryl methyl sites for hydroxylation is 1. The first-order chi connectivity index (χ1) is 11.7. The zero-order valence-electron chi connectivity index (χ0n) is 15.3. The zero-order valence-corrected chi connectivity index (χ0v) is 15.3. The van der Waals surface area contributed by atoms with Crippen LogP contribution in [0.25, 0.3) is 5.65 Å². The second-order valence-corrected chi connectivity index (χ2v) is 7.93. The lowest BCUT2D eigenvalue weighted by Crippen LogP contribution is -2.50. The molecule has 0 unspecified atom stereocenters. The molecule has 2 aromatic rings. The zero-order chi connectivity index (χ0) is 18.2. The fourth-order valence-corrected chi connectivity index (χ4v) is 3.06.